The number of benzene rings is 1. The van der Waals surface area contributed by atoms with Crippen molar-refractivity contribution in [2.45, 2.75) is 18.8 Å². The third-order valence-corrected chi connectivity index (χ3v) is 5.31. The van der Waals surface area contributed by atoms with Gasteiger partial charge in [0.05, 0.1) is 0 Å². The molecule has 1 aliphatic heterocycles. The summed E-state index contributed by atoms with van der Waals surface area (Å²) in [5, 5.41) is 3.47. The molecule has 1 aliphatic carbocycles. The molecule has 7 nitrogen and oxygen atoms in total. The van der Waals surface area contributed by atoms with Gasteiger partial charge >= 0.3 is 0 Å². The molecule has 27 heavy (non-hydrogen) atoms. The van der Waals surface area contributed by atoms with Crippen molar-refractivity contribution in [2.24, 2.45) is 0 Å². The Labute approximate surface area is 158 Å². The fourth-order valence-corrected chi connectivity index (χ4v) is 3.51. The van der Waals surface area contributed by atoms with Crippen molar-refractivity contribution < 1.29 is 0 Å². The zero-order chi connectivity index (χ0) is 18.2. The average Bonchev–Trinajstić information content (AvgIpc) is 3.54. The van der Waals surface area contributed by atoms with Crippen molar-refractivity contribution in [3.8, 4) is 0 Å². The van der Waals surface area contributed by atoms with E-state index >= 15 is 0 Å². The van der Waals surface area contributed by atoms with Gasteiger partial charge in [-0.1, -0.05) is 12.1 Å². The number of hydrogen-bond acceptors (Lipinski definition) is 7. The van der Waals surface area contributed by atoms with Gasteiger partial charge in [0.2, 0.25) is 5.95 Å². The number of anilines is 3. The molecule has 2 aromatic heterocycles. The Kier molecular flexibility index (Phi) is 4.09. The SMILES string of the molecule is CN1CCN(c2nc(Nc3cccc(C4CC4)c3)c3nccnc3n2)CC1. The predicted octanol–water partition coefficient (Wildman–Crippen LogP) is 2.79. The van der Waals surface area contributed by atoms with E-state index in [2.05, 4.69) is 61.4 Å². The van der Waals surface area contributed by atoms with E-state index in [1.54, 1.807) is 12.4 Å². The lowest BCUT2D eigenvalue weighted by Crippen LogP contribution is -2.45. The second-order valence-electron chi connectivity index (χ2n) is 7.42. The van der Waals surface area contributed by atoms with Crippen LogP contribution in [-0.2, 0) is 0 Å². The first-order chi connectivity index (χ1) is 13.3. The highest BCUT2D eigenvalue weighted by Crippen LogP contribution is 2.41. The lowest BCUT2D eigenvalue weighted by atomic mass is 10.1. The first kappa shape index (κ1) is 16.4. The summed E-state index contributed by atoms with van der Waals surface area (Å²) in [5.74, 6) is 2.15. The zero-order valence-corrected chi connectivity index (χ0v) is 15.5. The van der Waals surface area contributed by atoms with Crippen molar-refractivity contribution in [1.29, 1.82) is 0 Å². The quantitative estimate of drug-likeness (QED) is 0.766. The van der Waals surface area contributed by atoms with E-state index in [1.165, 1.54) is 18.4 Å². The van der Waals surface area contributed by atoms with Crippen molar-refractivity contribution in [1.82, 2.24) is 24.8 Å². The number of nitrogens with one attached hydrogen (secondary N) is 1. The molecular weight excluding hydrogens is 338 g/mol. The molecule has 3 heterocycles. The minimum Gasteiger partial charge on any atom is -0.338 e. The number of likely N-dealkylation sites (N-methyl/N-ethyl adjacent to an activating group) is 1. The van der Waals surface area contributed by atoms with E-state index in [9.17, 15) is 0 Å². The maximum atomic E-state index is 4.82. The Morgan fingerprint density at radius 2 is 1.81 bits per heavy atom. The maximum Gasteiger partial charge on any atom is 0.229 e. The molecule has 0 spiro atoms. The Bertz CT molecular complexity index is 961. The number of nitrogens with zero attached hydrogens (tertiary/aromatic N) is 6. The van der Waals surface area contributed by atoms with E-state index < -0.39 is 0 Å². The molecule has 2 fully saturated rings. The summed E-state index contributed by atoms with van der Waals surface area (Å²) < 4.78 is 0. The summed E-state index contributed by atoms with van der Waals surface area (Å²) in [5.41, 5.74) is 3.76. The standard InChI is InChI=1S/C20H23N7/c1-26-9-11-27(12-10-26)20-24-18-17(21-7-8-22-18)19(25-20)23-16-4-2-3-15(13-16)14-5-6-14/h2-4,7-8,13-14H,5-6,9-12H2,1H3,(H,22,23,24,25). The van der Waals surface area contributed by atoms with Crippen LogP contribution in [0.1, 0.15) is 24.3 Å². The number of piperazine rings is 1. The van der Waals surface area contributed by atoms with Gasteiger partial charge in [-0.2, -0.15) is 9.97 Å². The molecule has 1 aromatic carbocycles. The average molecular weight is 361 g/mol. The third kappa shape index (κ3) is 3.42. The number of hydrogen-bond donors (Lipinski definition) is 1. The van der Waals surface area contributed by atoms with Gasteiger partial charge in [-0.15, -0.1) is 0 Å². The van der Waals surface area contributed by atoms with E-state index in [0.717, 1.165) is 49.6 Å². The van der Waals surface area contributed by atoms with Crippen LogP contribution in [0.5, 0.6) is 0 Å². The first-order valence-corrected chi connectivity index (χ1v) is 9.55. The van der Waals surface area contributed by atoms with Crippen LogP contribution in [0.4, 0.5) is 17.5 Å². The summed E-state index contributed by atoms with van der Waals surface area (Å²) in [6, 6.07) is 8.60. The van der Waals surface area contributed by atoms with Crippen LogP contribution in [0.3, 0.4) is 0 Å². The second-order valence-corrected chi connectivity index (χ2v) is 7.42. The van der Waals surface area contributed by atoms with Gasteiger partial charge in [-0.05, 0) is 43.5 Å². The van der Waals surface area contributed by atoms with Gasteiger partial charge in [-0.3, -0.25) is 0 Å². The van der Waals surface area contributed by atoms with Gasteiger partial charge in [-0.25, -0.2) is 9.97 Å². The zero-order valence-electron chi connectivity index (χ0n) is 15.5. The lowest BCUT2D eigenvalue weighted by Gasteiger charge is -2.32. The minimum atomic E-state index is 0.627. The van der Waals surface area contributed by atoms with Crippen molar-refractivity contribution >= 4 is 28.6 Å². The van der Waals surface area contributed by atoms with Gasteiger partial charge in [0.1, 0.15) is 0 Å². The Balaban J connectivity index is 1.51. The van der Waals surface area contributed by atoms with Crippen LogP contribution in [0.25, 0.3) is 11.2 Å². The smallest absolute Gasteiger partial charge is 0.229 e. The molecule has 0 amide bonds. The van der Waals surface area contributed by atoms with Gasteiger partial charge < -0.3 is 15.1 Å². The molecule has 2 aliphatic rings. The Hall–Kier alpha value is -2.80. The minimum absolute atomic E-state index is 0.627. The summed E-state index contributed by atoms with van der Waals surface area (Å²) >= 11 is 0. The fraction of sp³-hybridized carbons (Fsp3) is 0.400. The van der Waals surface area contributed by atoms with Crippen LogP contribution < -0.4 is 10.2 Å². The molecular formula is C20H23N7. The molecule has 1 N–H and O–H groups in total. The van der Waals surface area contributed by atoms with Gasteiger partial charge in [0.25, 0.3) is 0 Å². The Morgan fingerprint density at radius 1 is 1.00 bits per heavy atom. The molecule has 0 atom stereocenters. The van der Waals surface area contributed by atoms with Crippen LogP contribution >= 0.6 is 0 Å². The van der Waals surface area contributed by atoms with E-state index in [0.29, 0.717) is 11.2 Å². The Morgan fingerprint density at radius 3 is 2.63 bits per heavy atom. The molecule has 0 bridgehead atoms. The highest BCUT2D eigenvalue weighted by molar-refractivity contribution is 5.85. The van der Waals surface area contributed by atoms with E-state index in [4.69, 9.17) is 4.98 Å². The van der Waals surface area contributed by atoms with Crippen molar-refractivity contribution in [2.75, 3.05) is 43.4 Å². The van der Waals surface area contributed by atoms with E-state index in [1.807, 2.05) is 0 Å². The van der Waals surface area contributed by atoms with E-state index in [-0.39, 0.29) is 0 Å². The number of aromatic nitrogens is 4. The normalized spacial score (nSPS) is 18.0. The molecule has 3 aromatic rings. The molecule has 0 unspecified atom stereocenters. The summed E-state index contributed by atoms with van der Waals surface area (Å²) in [6.45, 7) is 3.85. The van der Waals surface area contributed by atoms with Crippen LogP contribution in [-0.4, -0.2) is 58.1 Å². The van der Waals surface area contributed by atoms with Gasteiger partial charge in [0, 0.05) is 44.3 Å². The van der Waals surface area contributed by atoms with Crippen LogP contribution in [0.2, 0.25) is 0 Å². The topological polar surface area (TPSA) is 70.1 Å². The van der Waals surface area contributed by atoms with Crippen molar-refractivity contribution in [3.05, 3.63) is 42.2 Å². The van der Waals surface area contributed by atoms with Crippen LogP contribution in [0, 0.1) is 0 Å². The van der Waals surface area contributed by atoms with Crippen molar-refractivity contribution in [3.63, 3.8) is 0 Å². The largest absolute Gasteiger partial charge is 0.338 e. The molecule has 1 saturated heterocycles. The number of rotatable bonds is 4. The third-order valence-electron chi connectivity index (χ3n) is 5.31. The maximum absolute atomic E-state index is 4.82. The predicted molar refractivity (Wildman–Crippen MR) is 107 cm³/mol. The first-order valence-electron chi connectivity index (χ1n) is 9.55. The summed E-state index contributed by atoms with van der Waals surface area (Å²) in [6.07, 6.45) is 5.95. The summed E-state index contributed by atoms with van der Waals surface area (Å²) in [4.78, 5) is 22.9. The second kappa shape index (κ2) is 6.74. The molecule has 7 heteroatoms. The summed E-state index contributed by atoms with van der Waals surface area (Å²) in [7, 11) is 2.14. The molecule has 138 valence electrons. The van der Waals surface area contributed by atoms with Gasteiger partial charge in [0.15, 0.2) is 17.0 Å². The highest BCUT2D eigenvalue weighted by atomic mass is 15.3. The molecule has 5 rings (SSSR count). The molecule has 1 saturated carbocycles. The molecule has 0 radical (unpaired) electrons. The number of fused-ring (bicyclic) bond motifs is 1. The van der Waals surface area contributed by atoms with Crippen LogP contribution in [0.15, 0.2) is 36.7 Å². The lowest BCUT2D eigenvalue weighted by molar-refractivity contribution is 0.311. The fourth-order valence-electron chi connectivity index (χ4n) is 3.51. The highest BCUT2D eigenvalue weighted by Gasteiger charge is 2.24. The monoisotopic (exact) mass is 361 g/mol.